The van der Waals surface area contributed by atoms with Gasteiger partial charge < -0.3 is 40.9 Å². The van der Waals surface area contributed by atoms with Crippen molar-refractivity contribution in [2.24, 2.45) is 35.5 Å². The largest absolute Gasteiger partial charge is 0.492 e. The van der Waals surface area contributed by atoms with Gasteiger partial charge >= 0.3 is 17.9 Å². The number of hydrogen-bond donors (Lipinski definition) is 6. The van der Waals surface area contributed by atoms with Gasteiger partial charge in [-0.3, -0.25) is 19.2 Å². The molecule has 3 unspecified atom stereocenters. The predicted octanol–water partition coefficient (Wildman–Crippen LogP) is 3.90. The van der Waals surface area contributed by atoms with Crippen LogP contribution in [-0.4, -0.2) is 96.5 Å². The zero-order valence-electron chi connectivity index (χ0n) is 32.0. The SMILES string of the molecule is O=C(O)[C@@H](Cc1cccc(CC(=O)N(CCOc2cccc(C[C@H](C(=O)O)C3CCNC3)c2)Cc2cccc(C[C@H](C(=O)O)C3CCNC3)c2)c1)C1CCNC1. The maximum absolute atomic E-state index is 14.1. The number of ether oxygens (including phenoxy) is 1. The summed E-state index contributed by atoms with van der Waals surface area (Å²) in [6.07, 6.45) is 3.82. The van der Waals surface area contributed by atoms with Gasteiger partial charge in [-0.05, 0) is 135 Å². The van der Waals surface area contributed by atoms with Crippen molar-refractivity contribution in [2.75, 3.05) is 52.4 Å². The van der Waals surface area contributed by atoms with E-state index in [-0.39, 0.29) is 43.2 Å². The van der Waals surface area contributed by atoms with Crippen molar-refractivity contribution in [3.05, 3.63) is 101 Å². The molecule has 3 aliphatic heterocycles. The van der Waals surface area contributed by atoms with Crippen molar-refractivity contribution in [3.63, 3.8) is 0 Å². The van der Waals surface area contributed by atoms with Gasteiger partial charge in [0.05, 0.1) is 30.7 Å². The van der Waals surface area contributed by atoms with Gasteiger partial charge in [0.15, 0.2) is 0 Å². The maximum Gasteiger partial charge on any atom is 0.307 e. The first-order valence-corrected chi connectivity index (χ1v) is 20.1. The van der Waals surface area contributed by atoms with Crippen molar-refractivity contribution in [2.45, 2.75) is 51.5 Å². The molecule has 3 aliphatic rings. The van der Waals surface area contributed by atoms with Crippen LogP contribution in [-0.2, 0) is 51.4 Å². The smallest absolute Gasteiger partial charge is 0.307 e. The van der Waals surface area contributed by atoms with Crippen LogP contribution in [0.4, 0.5) is 0 Å². The summed E-state index contributed by atoms with van der Waals surface area (Å²) in [5.41, 5.74) is 4.36. The molecule has 1 amide bonds. The van der Waals surface area contributed by atoms with E-state index < -0.39 is 35.7 Å². The van der Waals surface area contributed by atoms with Crippen LogP contribution in [0.1, 0.15) is 47.1 Å². The normalized spacial score (nSPS) is 21.0. The Morgan fingerprint density at radius 2 is 1.04 bits per heavy atom. The fourth-order valence-electron chi connectivity index (χ4n) is 8.75. The van der Waals surface area contributed by atoms with Gasteiger partial charge in [0, 0.05) is 6.54 Å². The Hall–Kier alpha value is -4.78. The minimum absolute atomic E-state index is 0.0635. The summed E-state index contributed by atoms with van der Waals surface area (Å²) >= 11 is 0. The van der Waals surface area contributed by atoms with Crippen molar-refractivity contribution in [1.29, 1.82) is 0 Å². The third-order valence-corrected chi connectivity index (χ3v) is 11.9. The average Bonchev–Trinajstić information content (AvgIpc) is 4.00. The molecule has 3 aromatic rings. The molecule has 12 heteroatoms. The van der Waals surface area contributed by atoms with Crippen molar-refractivity contribution in [3.8, 4) is 5.75 Å². The molecule has 3 saturated heterocycles. The lowest BCUT2D eigenvalue weighted by Crippen LogP contribution is -2.35. The lowest BCUT2D eigenvalue weighted by Gasteiger charge is -2.24. The highest BCUT2D eigenvalue weighted by atomic mass is 16.5. The summed E-state index contributed by atoms with van der Waals surface area (Å²) in [6.45, 7) is 5.32. The van der Waals surface area contributed by atoms with Crippen LogP contribution in [0.3, 0.4) is 0 Å². The highest BCUT2D eigenvalue weighted by Crippen LogP contribution is 2.27. The van der Waals surface area contributed by atoms with E-state index in [0.717, 1.165) is 66.7 Å². The number of hydrogen-bond acceptors (Lipinski definition) is 8. The molecular formula is C44H56N4O8. The highest BCUT2D eigenvalue weighted by molar-refractivity contribution is 5.79. The van der Waals surface area contributed by atoms with Crippen LogP contribution < -0.4 is 20.7 Å². The summed E-state index contributed by atoms with van der Waals surface area (Å²) < 4.78 is 6.19. The Morgan fingerprint density at radius 1 is 0.607 bits per heavy atom. The molecule has 56 heavy (non-hydrogen) atoms. The fraction of sp³-hybridized carbons (Fsp3) is 0.500. The Labute approximate surface area is 329 Å². The maximum atomic E-state index is 14.1. The van der Waals surface area contributed by atoms with E-state index in [0.29, 0.717) is 51.2 Å². The van der Waals surface area contributed by atoms with Crippen LogP contribution >= 0.6 is 0 Å². The lowest BCUT2D eigenvalue weighted by atomic mass is 9.86. The van der Waals surface area contributed by atoms with Crippen molar-refractivity contribution in [1.82, 2.24) is 20.9 Å². The molecule has 300 valence electrons. The summed E-state index contributed by atoms with van der Waals surface area (Å²) in [6, 6.07) is 22.9. The molecule has 3 heterocycles. The molecule has 0 spiro atoms. The second-order valence-corrected chi connectivity index (χ2v) is 15.8. The van der Waals surface area contributed by atoms with E-state index in [4.69, 9.17) is 4.74 Å². The third kappa shape index (κ3) is 11.4. The predicted molar refractivity (Wildman–Crippen MR) is 211 cm³/mol. The molecule has 0 radical (unpaired) electrons. The quantitative estimate of drug-likeness (QED) is 0.0984. The number of carboxylic acids is 3. The second-order valence-electron chi connectivity index (χ2n) is 15.8. The third-order valence-electron chi connectivity index (χ3n) is 11.9. The van der Waals surface area contributed by atoms with E-state index in [1.54, 1.807) is 4.90 Å². The summed E-state index contributed by atoms with van der Waals surface area (Å²) in [4.78, 5) is 52.4. The Kier molecular flexibility index (Phi) is 14.5. The van der Waals surface area contributed by atoms with Gasteiger partial charge in [0.1, 0.15) is 12.4 Å². The topological polar surface area (TPSA) is 178 Å². The molecule has 0 saturated carbocycles. The molecule has 6 rings (SSSR count). The first-order valence-electron chi connectivity index (χ1n) is 20.1. The van der Waals surface area contributed by atoms with Gasteiger partial charge in [0.2, 0.25) is 5.91 Å². The van der Waals surface area contributed by atoms with Crippen molar-refractivity contribution >= 4 is 23.8 Å². The minimum atomic E-state index is -0.804. The average molecular weight is 769 g/mol. The minimum Gasteiger partial charge on any atom is -0.492 e. The molecule has 6 N–H and O–H groups in total. The van der Waals surface area contributed by atoms with Crippen LogP contribution in [0.25, 0.3) is 0 Å². The lowest BCUT2D eigenvalue weighted by molar-refractivity contribution is -0.144. The van der Waals surface area contributed by atoms with Crippen LogP contribution in [0.15, 0.2) is 72.8 Å². The van der Waals surface area contributed by atoms with E-state index in [1.165, 1.54) is 0 Å². The van der Waals surface area contributed by atoms with Crippen molar-refractivity contribution < 1.29 is 39.2 Å². The number of amides is 1. The molecule has 3 aromatic carbocycles. The summed E-state index contributed by atoms with van der Waals surface area (Å²) in [7, 11) is 0. The summed E-state index contributed by atoms with van der Waals surface area (Å²) in [5.74, 6) is -3.20. The molecule has 12 nitrogen and oxygen atoms in total. The molecule has 6 atom stereocenters. The Morgan fingerprint density at radius 3 is 1.50 bits per heavy atom. The first kappa shape index (κ1) is 40.9. The van der Waals surface area contributed by atoms with E-state index in [9.17, 15) is 34.5 Å². The molecule has 0 aliphatic carbocycles. The Bertz CT molecular complexity index is 1800. The van der Waals surface area contributed by atoms with E-state index in [1.807, 2.05) is 72.8 Å². The van der Waals surface area contributed by atoms with E-state index in [2.05, 4.69) is 16.0 Å². The number of aliphatic carboxylic acids is 3. The van der Waals surface area contributed by atoms with Gasteiger partial charge in [-0.2, -0.15) is 0 Å². The zero-order chi connectivity index (χ0) is 39.4. The number of nitrogens with one attached hydrogen (secondary N) is 3. The number of rotatable bonds is 20. The fourth-order valence-corrected chi connectivity index (χ4v) is 8.75. The number of carbonyl (C=O) groups is 4. The van der Waals surface area contributed by atoms with E-state index >= 15 is 0 Å². The number of carbonyl (C=O) groups excluding carboxylic acids is 1. The van der Waals surface area contributed by atoms with Gasteiger partial charge in [0.25, 0.3) is 0 Å². The monoisotopic (exact) mass is 768 g/mol. The Balaban J connectivity index is 1.15. The molecule has 3 fully saturated rings. The molecular weight excluding hydrogens is 713 g/mol. The van der Waals surface area contributed by atoms with Crippen LogP contribution in [0, 0.1) is 35.5 Å². The highest BCUT2D eigenvalue weighted by Gasteiger charge is 2.33. The molecule has 0 aromatic heterocycles. The van der Waals surface area contributed by atoms with Crippen LogP contribution in [0.5, 0.6) is 5.75 Å². The van der Waals surface area contributed by atoms with Gasteiger partial charge in [-0.15, -0.1) is 0 Å². The second kappa shape index (κ2) is 19.9. The van der Waals surface area contributed by atoms with Gasteiger partial charge in [-0.25, -0.2) is 0 Å². The molecule has 0 bridgehead atoms. The summed E-state index contributed by atoms with van der Waals surface area (Å²) in [5, 5.41) is 39.8. The van der Waals surface area contributed by atoms with Gasteiger partial charge in [-0.1, -0.05) is 60.7 Å². The number of benzene rings is 3. The van der Waals surface area contributed by atoms with Crippen LogP contribution in [0.2, 0.25) is 0 Å². The standard InChI is InChI=1S/C44H56N4O8/c49-41(24-31-6-1-4-29(18-31)21-38(42(50)51)34-10-13-45-25-34)48(28-33-8-2-5-30(19-33)22-39(43(52)53)35-11-14-46-26-35)16-17-56-37-9-3-7-32(20-37)23-40(44(54)55)36-12-15-47-27-36/h1-9,18-20,34-36,38-40,45-47H,10-17,21-28H2,(H,50,51)(H,52,53)(H,54,55)/t34?,35?,36?,38-,39-,40-/m0/s1. The first-order chi connectivity index (χ1) is 27.1. The zero-order valence-corrected chi connectivity index (χ0v) is 32.0. The number of nitrogens with zero attached hydrogens (tertiary/aromatic N) is 1. The number of carboxylic acid groups (broad SMARTS) is 3.